The monoisotopic (exact) mass is 275 g/mol. The lowest BCUT2D eigenvalue weighted by atomic mass is 10.0. The first-order valence-corrected chi connectivity index (χ1v) is 7.42. The third-order valence-electron chi connectivity index (χ3n) is 4.20. The molecule has 1 heterocycles. The van der Waals surface area contributed by atoms with Crippen LogP contribution in [0.15, 0.2) is 42.5 Å². The summed E-state index contributed by atoms with van der Waals surface area (Å²) in [6, 6.07) is 14.7. The van der Waals surface area contributed by atoms with E-state index in [-0.39, 0.29) is 0 Å². The number of nitrogens with one attached hydrogen (secondary N) is 1. The zero-order valence-electron chi connectivity index (χ0n) is 12.1. The molecule has 3 nitrogen and oxygen atoms in total. The van der Waals surface area contributed by atoms with Crippen molar-refractivity contribution >= 4 is 16.6 Å². The van der Waals surface area contributed by atoms with Crippen LogP contribution in [0.1, 0.15) is 17.7 Å². The first kappa shape index (κ1) is 12.3. The van der Waals surface area contributed by atoms with Crippen LogP contribution >= 0.6 is 0 Å². The molecule has 104 valence electrons. The molecule has 0 fully saturated rings. The summed E-state index contributed by atoms with van der Waals surface area (Å²) in [6.07, 6.45) is 3.32. The van der Waals surface area contributed by atoms with Crippen LogP contribution in [0.25, 0.3) is 22.2 Å². The van der Waals surface area contributed by atoms with Gasteiger partial charge in [-0.15, -0.1) is 0 Å². The lowest BCUT2D eigenvalue weighted by molar-refractivity contribution is 0.900. The number of anilines is 1. The Kier molecular flexibility index (Phi) is 2.85. The maximum Gasteiger partial charge on any atom is 0.162 e. The molecule has 1 aromatic heterocycles. The minimum absolute atomic E-state index is 0.830. The molecular weight excluding hydrogens is 258 g/mol. The van der Waals surface area contributed by atoms with Crippen LogP contribution in [-0.2, 0) is 12.8 Å². The summed E-state index contributed by atoms with van der Waals surface area (Å²) in [5, 5.41) is 5.67. The van der Waals surface area contributed by atoms with Crippen molar-refractivity contribution < 1.29 is 0 Å². The van der Waals surface area contributed by atoms with Crippen LogP contribution in [0.3, 0.4) is 0 Å². The van der Waals surface area contributed by atoms with Gasteiger partial charge in [0, 0.05) is 23.9 Å². The van der Waals surface area contributed by atoms with Gasteiger partial charge in [-0.1, -0.05) is 42.5 Å². The second-order valence-electron chi connectivity index (χ2n) is 5.45. The average molecular weight is 275 g/mol. The molecule has 0 saturated carbocycles. The summed E-state index contributed by atoms with van der Waals surface area (Å²) in [6.45, 7) is 0. The van der Waals surface area contributed by atoms with Gasteiger partial charge < -0.3 is 5.32 Å². The van der Waals surface area contributed by atoms with E-state index in [1.807, 2.05) is 7.05 Å². The van der Waals surface area contributed by atoms with E-state index in [0.717, 1.165) is 30.0 Å². The fraction of sp³-hybridized carbons (Fsp3) is 0.222. The Bertz CT molecular complexity index is 819. The molecule has 0 amide bonds. The molecule has 1 aliphatic rings. The van der Waals surface area contributed by atoms with Gasteiger partial charge in [-0.3, -0.25) is 0 Å². The van der Waals surface area contributed by atoms with Gasteiger partial charge in [-0.2, -0.15) is 0 Å². The Morgan fingerprint density at radius 2 is 1.81 bits per heavy atom. The number of aryl methyl sites for hydroxylation is 1. The van der Waals surface area contributed by atoms with Crippen LogP contribution < -0.4 is 5.32 Å². The van der Waals surface area contributed by atoms with Crippen molar-refractivity contribution in [2.75, 3.05) is 12.4 Å². The molecule has 21 heavy (non-hydrogen) atoms. The second kappa shape index (κ2) is 4.85. The van der Waals surface area contributed by atoms with Crippen LogP contribution in [0, 0.1) is 0 Å². The molecule has 4 rings (SSSR count). The number of hydrogen-bond acceptors (Lipinski definition) is 3. The number of fused-ring (bicyclic) bond motifs is 2. The van der Waals surface area contributed by atoms with Gasteiger partial charge in [-0.05, 0) is 30.0 Å². The van der Waals surface area contributed by atoms with E-state index in [4.69, 9.17) is 9.97 Å². The number of hydrogen-bond donors (Lipinski definition) is 1. The van der Waals surface area contributed by atoms with Crippen LogP contribution in [0.5, 0.6) is 0 Å². The van der Waals surface area contributed by atoms with Gasteiger partial charge in [-0.25, -0.2) is 9.97 Å². The lowest BCUT2D eigenvalue weighted by Gasteiger charge is -2.11. The minimum atomic E-state index is 0.830. The van der Waals surface area contributed by atoms with Crippen LogP contribution in [-0.4, -0.2) is 17.0 Å². The molecule has 1 aliphatic carbocycles. The zero-order chi connectivity index (χ0) is 14.2. The highest BCUT2D eigenvalue weighted by Gasteiger charge is 2.19. The van der Waals surface area contributed by atoms with Crippen LogP contribution in [0.4, 0.5) is 5.82 Å². The number of aromatic nitrogens is 2. The van der Waals surface area contributed by atoms with E-state index in [9.17, 15) is 0 Å². The molecule has 0 aliphatic heterocycles. The van der Waals surface area contributed by atoms with Gasteiger partial charge in [0.1, 0.15) is 5.82 Å². The number of benzene rings is 2. The van der Waals surface area contributed by atoms with E-state index < -0.39 is 0 Å². The fourth-order valence-corrected chi connectivity index (χ4v) is 3.18. The third kappa shape index (κ3) is 1.97. The SMILES string of the molecule is CNc1nc(-c2cccc3ccccc23)nc2c1CCC2. The summed E-state index contributed by atoms with van der Waals surface area (Å²) >= 11 is 0. The minimum Gasteiger partial charge on any atom is -0.373 e. The van der Waals surface area contributed by atoms with E-state index >= 15 is 0 Å². The Balaban J connectivity index is 1.97. The number of rotatable bonds is 2. The summed E-state index contributed by atoms with van der Waals surface area (Å²) in [5.74, 6) is 1.82. The summed E-state index contributed by atoms with van der Waals surface area (Å²) in [5.41, 5.74) is 3.61. The Morgan fingerprint density at radius 1 is 0.952 bits per heavy atom. The molecule has 0 bridgehead atoms. The maximum atomic E-state index is 4.83. The van der Waals surface area contributed by atoms with Crippen LogP contribution in [0.2, 0.25) is 0 Å². The topological polar surface area (TPSA) is 37.8 Å². The van der Waals surface area contributed by atoms with Gasteiger partial charge in [0.15, 0.2) is 5.82 Å². The normalized spacial score (nSPS) is 13.4. The molecule has 0 unspecified atom stereocenters. The average Bonchev–Trinajstić information content (AvgIpc) is 3.02. The smallest absolute Gasteiger partial charge is 0.162 e. The maximum absolute atomic E-state index is 4.83. The van der Waals surface area contributed by atoms with Gasteiger partial charge in [0.25, 0.3) is 0 Å². The molecule has 0 atom stereocenters. The summed E-state index contributed by atoms with van der Waals surface area (Å²) in [7, 11) is 1.94. The van der Waals surface area contributed by atoms with Gasteiger partial charge in [0.05, 0.1) is 0 Å². The lowest BCUT2D eigenvalue weighted by Crippen LogP contribution is -2.03. The first-order valence-electron chi connectivity index (χ1n) is 7.42. The Hall–Kier alpha value is -2.42. The Morgan fingerprint density at radius 3 is 2.71 bits per heavy atom. The molecule has 1 N–H and O–H groups in total. The second-order valence-corrected chi connectivity index (χ2v) is 5.45. The quantitative estimate of drug-likeness (QED) is 0.772. The Labute approximate surface area is 124 Å². The van der Waals surface area contributed by atoms with E-state index in [1.54, 1.807) is 0 Å². The molecule has 0 radical (unpaired) electrons. The van der Waals surface area contributed by atoms with Crippen molar-refractivity contribution in [3.8, 4) is 11.4 Å². The standard InChI is InChI=1S/C18H17N3/c1-19-17-15-10-5-11-16(15)20-18(21-17)14-9-4-7-12-6-2-3-8-13(12)14/h2-4,6-9H,5,10-11H2,1H3,(H,19,20,21). The zero-order valence-corrected chi connectivity index (χ0v) is 12.1. The molecule has 3 aromatic rings. The van der Waals surface area contributed by atoms with Crippen molar-refractivity contribution in [1.29, 1.82) is 0 Å². The van der Waals surface area contributed by atoms with Crippen molar-refractivity contribution in [3.05, 3.63) is 53.7 Å². The van der Waals surface area contributed by atoms with Crippen molar-refractivity contribution in [2.45, 2.75) is 19.3 Å². The number of nitrogens with zero attached hydrogens (tertiary/aromatic N) is 2. The predicted octanol–water partition coefficient (Wildman–Crippen LogP) is 3.83. The van der Waals surface area contributed by atoms with Crippen molar-refractivity contribution in [2.24, 2.45) is 0 Å². The summed E-state index contributed by atoms with van der Waals surface area (Å²) in [4.78, 5) is 9.59. The molecule has 2 aromatic carbocycles. The summed E-state index contributed by atoms with van der Waals surface area (Å²) < 4.78 is 0. The van der Waals surface area contributed by atoms with E-state index in [0.29, 0.717) is 0 Å². The van der Waals surface area contributed by atoms with Gasteiger partial charge >= 0.3 is 0 Å². The van der Waals surface area contributed by atoms with E-state index in [2.05, 4.69) is 47.8 Å². The third-order valence-corrected chi connectivity index (χ3v) is 4.20. The largest absolute Gasteiger partial charge is 0.373 e. The predicted molar refractivity (Wildman–Crippen MR) is 86.5 cm³/mol. The molecule has 0 saturated heterocycles. The molecule has 0 spiro atoms. The fourth-order valence-electron chi connectivity index (χ4n) is 3.18. The van der Waals surface area contributed by atoms with Gasteiger partial charge in [0.2, 0.25) is 0 Å². The van der Waals surface area contributed by atoms with Crippen molar-refractivity contribution in [3.63, 3.8) is 0 Å². The highest BCUT2D eigenvalue weighted by Crippen LogP contribution is 2.31. The highest BCUT2D eigenvalue weighted by atomic mass is 15.0. The first-order chi connectivity index (χ1) is 10.4. The van der Waals surface area contributed by atoms with Crippen molar-refractivity contribution in [1.82, 2.24) is 9.97 Å². The molecule has 3 heteroatoms. The molecular formula is C18H17N3. The van der Waals surface area contributed by atoms with E-state index in [1.165, 1.54) is 28.5 Å². The highest BCUT2D eigenvalue weighted by molar-refractivity contribution is 5.95.